The van der Waals surface area contributed by atoms with E-state index >= 15 is 0 Å². The first kappa shape index (κ1) is 16.9. The minimum absolute atomic E-state index is 0.114. The molecule has 2 aliphatic rings. The lowest BCUT2D eigenvalue weighted by Crippen LogP contribution is -2.47. The summed E-state index contributed by atoms with van der Waals surface area (Å²) in [6.45, 7) is 5.49. The van der Waals surface area contributed by atoms with E-state index in [0.717, 1.165) is 39.1 Å². The van der Waals surface area contributed by atoms with E-state index in [4.69, 9.17) is 14.2 Å². The Morgan fingerprint density at radius 3 is 3.00 bits per heavy atom. The smallest absolute Gasteiger partial charge is 0.0900 e. The highest BCUT2D eigenvalue weighted by Crippen LogP contribution is 2.12. The summed E-state index contributed by atoms with van der Waals surface area (Å²) in [5, 5.41) is 14.4. The monoisotopic (exact) mass is 325 g/mol. The Kier molecular flexibility index (Phi) is 6.41. The maximum Gasteiger partial charge on any atom is 0.0900 e. The second-order valence-electron chi connectivity index (χ2n) is 6.31. The zero-order chi connectivity index (χ0) is 15.9. The van der Waals surface area contributed by atoms with Crippen LogP contribution in [-0.2, 0) is 20.8 Å². The molecule has 0 bridgehead atoms. The Morgan fingerprint density at radius 2 is 2.22 bits per heavy atom. The van der Waals surface area contributed by atoms with Crippen molar-refractivity contribution in [2.75, 3.05) is 46.1 Å². The molecule has 0 aromatic carbocycles. The number of hydrogen-bond acceptors (Lipinski definition) is 6. The van der Waals surface area contributed by atoms with E-state index < -0.39 is 6.10 Å². The molecule has 0 aliphatic carbocycles. The fourth-order valence-electron chi connectivity index (χ4n) is 3.14. The van der Waals surface area contributed by atoms with Crippen LogP contribution in [0.2, 0.25) is 0 Å². The van der Waals surface area contributed by atoms with Gasteiger partial charge in [0.15, 0.2) is 0 Å². The molecule has 0 unspecified atom stereocenters. The largest absolute Gasteiger partial charge is 0.389 e. The number of aromatic nitrogens is 2. The lowest BCUT2D eigenvalue weighted by Gasteiger charge is -2.34. The number of β-amino-alcohol motifs (C(OH)–C–C–N with tert-alkyl or cyclic N) is 1. The van der Waals surface area contributed by atoms with E-state index in [0.29, 0.717) is 26.4 Å². The van der Waals surface area contributed by atoms with Gasteiger partial charge in [-0.15, -0.1) is 0 Å². The molecule has 1 N–H and O–H groups in total. The van der Waals surface area contributed by atoms with Crippen molar-refractivity contribution in [2.24, 2.45) is 0 Å². The topological polar surface area (TPSA) is 69.0 Å². The molecule has 3 rings (SSSR count). The highest BCUT2D eigenvalue weighted by molar-refractivity contribution is 4.81. The Hall–Kier alpha value is -0.990. The van der Waals surface area contributed by atoms with Crippen molar-refractivity contribution in [3.63, 3.8) is 0 Å². The second-order valence-corrected chi connectivity index (χ2v) is 6.31. The van der Waals surface area contributed by atoms with Gasteiger partial charge in [0.05, 0.1) is 44.7 Å². The summed E-state index contributed by atoms with van der Waals surface area (Å²) in [7, 11) is 0. The molecular weight excluding hydrogens is 298 g/mol. The average Bonchev–Trinajstić information content (AvgIpc) is 3.21. The van der Waals surface area contributed by atoms with Gasteiger partial charge in [0.2, 0.25) is 0 Å². The van der Waals surface area contributed by atoms with Gasteiger partial charge in [-0.05, 0) is 18.9 Å². The maximum absolute atomic E-state index is 10.2. The molecule has 7 heteroatoms. The fourth-order valence-corrected chi connectivity index (χ4v) is 3.14. The predicted octanol–water partition coefficient (Wildman–Crippen LogP) is 0.140. The maximum atomic E-state index is 10.2. The van der Waals surface area contributed by atoms with Crippen LogP contribution < -0.4 is 0 Å². The first-order valence-corrected chi connectivity index (χ1v) is 8.48. The molecule has 1 aromatic heterocycles. The molecule has 0 radical (unpaired) electrons. The quantitative estimate of drug-likeness (QED) is 0.733. The van der Waals surface area contributed by atoms with Crippen LogP contribution in [-0.4, -0.2) is 84.2 Å². The van der Waals surface area contributed by atoms with Gasteiger partial charge in [0, 0.05) is 38.6 Å². The molecule has 0 saturated carbocycles. The summed E-state index contributed by atoms with van der Waals surface area (Å²) >= 11 is 0. The van der Waals surface area contributed by atoms with Crippen LogP contribution in [0.3, 0.4) is 0 Å². The van der Waals surface area contributed by atoms with Gasteiger partial charge < -0.3 is 19.3 Å². The highest BCUT2D eigenvalue weighted by atomic mass is 16.5. The summed E-state index contributed by atoms with van der Waals surface area (Å²) < 4.78 is 18.8. The number of nitrogens with zero attached hydrogens (tertiary/aromatic N) is 3. The van der Waals surface area contributed by atoms with Gasteiger partial charge in [0.25, 0.3) is 0 Å². The summed E-state index contributed by atoms with van der Waals surface area (Å²) in [6, 6.07) is 1.91. The van der Waals surface area contributed by atoms with Crippen LogP contribution in [0, 0.1) is 0 Å². The summed E-state index contributed by atoms with van der Waals surface area (Å²) in [6.07, 6.45) is 5.75. The van der Waals surface area contributed by atoms with Crippen molar-refractivity contribution in [1.82, 2.24) is 14.7 Å². The minimum Gasteiger partial charge on any atom is -0.389 e. The average molecular weight is 325 g/mol. The molecule has 23 heavy (non-hydrogen) atoms. The standard InChI is InChI=1S/C16H27N3O4/c20-14(12-21-13-15-3-1-7-22-15)9-18-6-8-23-16(10-18)11-19-5-2-4-17-19/h2,4-5,14-16,20H,1,3,6-13H2/t14-,15-,16+/m0/s1. The summed E-state index contributed by atoms with van der Waals surface area (Å²) in [4.78, 5) is 2.23. The van der Waals surface area contributed by atoms with E-state index in [2.05, 4.69) is 10.00 Å². The van der Waals surface area contributed by atoms with Gasteiger partial charge in [-0.25, -0.2) is 0 Å². The van der Waals surface area contributed by atoms with Crippen LogP contribution in [0.15, 0.2) is 18.5 Å². The Balaban J connectivity index is 1.33. The molecule has 2 fully saturated rings. The van der Waals surface area contributed by atoms with E-state index in [-0.39, 0.29) is 12.2 Å². The van der Waals surface area contributed by atoms with E-state index in [1.54, 1.807) is 6.20 Å². The van der Waals surface area contributed by atoms with E-state index in [1.165, 1.54) is 0 Å². The lowest BCUT2D eigenvalue weighted by molar-refractivity contribution is -0.0630. The van der Waals surface area contributed by atoms with Gasteiger partial charge in [0.1, 0.15) is 0 Å². The third-order valence-electron chi connectivity index (χ3n) is 4.28. The molecule has 3 heterocycles. The third-order valence-corrected chi connectivity index (χ3v) is 4.28. The molecule has 1 aromatic rings. The van der Waals surface area contributed by atoms with Gasteiger partial charge in [-0.2, -0.15) is 5.10 Å². The minimum atomic E-state index is -0.472. The van der Waals surface area contributed by atoms with Crippen LogP contribution in [0.1, 0.15) is 12.8 Å². The number of aliphatic hydroxyl groups is 1. The van der Waals surface area contributed by atoms with E-state index in [1.807, 2.05) is 16.9 Å². The SMILES string of the molecule is O[C@H](COC[C@@H]1CCCO1)CN1CCO[C@@H](Cn2cccn2)C1. The number of aliphatic hydroxyl groups excluding tert-OH is 1. The fraction of sp³-hybridized carbons (Fsp3) is 0.812. The summed E-state index contributed by atoms with van der Waals surface area (Å²) in [5.41, 5.74) is 0. The van der Waals surface area contributed by atoms with Crippen molar-refractivity contribution in [3.05, 3.63) is 18.5 Å². The highest BCUT2D eigenvalue weighted by Gasteiger charge is 2.23. The zero-order valence-corrected chi connectivity index (χ0v) is 13.5. The first-order chi connectivity index (χ1) is 11.3. The molecule has 2 aliphatic heterocycles. The number of hydrogen-bond donors (Lipinski definition) is 1. The predicted molar refractivity (Wildman–Crippen MR) is 84.2 cm³/mol. The zero-order valence-electron chi connectivity index (χ0n) is 13.5. The number of rotatable bonds is 8. The normalized spacial score (nSPS) is 27.3. The molecular formula is C16H27N3O4. The third kappa shape index (κ3) is 5.54. The Labute approximate surface area is 137 Å². The van der Waals surface area contributed by atoms with Crippen molar-refractivity contribution in [1.29, 1.82) is 0 Å². The molecule has 2 saturated heterocycles. The Bertz CT molecular complexity index is 437. The number of ether oxygens (including phenoxy) is 3. The van der Waals surface area contributed by atoms with Gasteiger partial charge in [-0.3, -0.25) is 9.58 Å². The first-order valence-electron chi connectivity index (χ1n) is 8.48. The number of morpholine rings is 1. The van der Waals surface area contributed by atoms with E-state index in [9.17, 15) is 5.11 Å². The lowest BCUT2D eigenvalue weighted by atomic mass is 10.2. The molecule has 0 amide bonds. The molecule has 7 nitrogen and oxygen atoms in total. The second kappa shape index (κ2) is 8.75. The van der Waals surface area contributed by atoms with Gasteiger partial charge in [-0.1, -0.05) is 0 Å². The van der Waals surface area contributed by atoms with Crippen LogP contribution >= 0.6 is 0 Å². The van der Waals surface area contributed by atoms with Gasteiger partial charge >= 0.3 is 0 Å². The van der Waals surface area contributed by atoms with Crippen molar-refractivity contribution in [2.45, 2.75) is 37.7 Å². The molecule has 130 valence electrons. The van der Waals surface area contributed by atoms with Crippen LogP contribution in [0.4, 0.5) is 0 Å². The van der Waals surface area contributed by atoms with Crippen LogP contribution in [0.5, 0.6) is 0 Å². The molecule has 3 atom stereocenters. The van der Waals surface area contributed by atoms with Crippen LogP contribution in [0.25, 0.3) is 0 Å². The van der Waals surface area contributed by atoms with Crippen molar-refractivity contribution < 1.29 is 19.3 Å². The van der Waals surface area contributed by atoms with Crippen molar-refractivity contribution in [3.8, 4) is 0 Å². The Morgan fingerprint density at radius 1 is 1.30 bits per heavy atom. The summed E-state index contributed by atoms with van der Waals surface area (Å²) in [5.74, 6) is 0. The van der Waals surface area contributed by atoms with Crippen molar-refractivity contribution >= 4 is 0 Å². The molecule has 0 spiro atoms.